The fourth-order valence-corrected chi connectivity index (χ4v) is 3.46. The van der Waals surface area contributed by atoms with Crippen molar-refractivity contribution in [2.24, 2.45) is 0 Å². The number of amides is 2. The molecule has 27 heavy (non-hydrogen) atoms. The Morgan fingerprint density at radius 1 is 1.04 bits per heavy atom. The van der Waals surface area contributed by atoms with Crippen LogP contribution in [0.1, 0.15) is 39.5 Å². The molecule has 1 atom stereocenters. The Morgan fingerprint density at radius 2 is 1.78 bits per heavy atom. The summed E-state index contributed by atoms with van der Waals surface area (Å²) in [4.78, 5) is 25.3. The average Bonchev–Trinajstić information content (AvgIpc) is 2.66. The molecular weight excluding hydrogens is 363 g/mol. The highest BCUT2D eigenvalue weighted by Crippen LogP contribution is 2.28. The predicted molar refractivity (Wildman–Crippen MR) is 110 cm³/mol. The molecular formula is C21H25FN2O2S. The van der Waals surface area contributed by atoms with Crippen LogP contribution in [0.25, 0.3) is 0 Å². The minimum absolute atomic E-state index is 0.0000874. The Kier molecular flexibility index (Phi) is 8.33. The second-order valence-corrected chi connectivity index (χ2v) is 7.47. The van der Waals surface area contributed by atoms with Crippen LogP contribution < -0.4 is 10.6 Å². The van der Waals surface area contributed by atoms with Gasteiger partial charge in [-0.05, 0) is 55.3 Å². The highest BCUT2D eigenvalue weighted by Gasteiger charge is 2.18. The van der Waals surface area contributed by atoms with E-state index in [1.165, 1.54) is 36.0 Å². The summed E-state index contributed by atoms with van der Waals surface area (Å²) in [6.07, 6.45) is 2.99. The van der Waals surface area contributed by atoms with Gasteiger partial charge in [-0.2, -0.15) is 0 Å². The average molecular weight is 389 g/mol. The predicted octanol–water partition coefficient (Wildman–Crippen LogP) is 5.46. The standard InChI is InChI=1S/C21H25FN2O2S/c1-3-5-9-20(25)23-17-7-6-8-18(14-17)27-19(4-2)21(26)24-16-12-10-15(22)11-13-16/h6-8,10-14,19H,3-5,9H2,1-2H3,(H,23,25)(H,24,26). The zero-order valence-electron chi connectivity index (χ0n) is 15.6. The third-order valence-corrected chi connectivity index (χ3v) is 5.29. The maximum atomic E-state index is 13.0. The van der Waals surface area contributed by atoms with Crippen LogP contribution in [-0.4, -0.2) is 17.1 Å². The van der Waals surface area contributed by atoms with Gasteiger partial charge < -0.3 is 10.6 Å². The van der Waals surface area contributed by atoms with Gasteiger partial charge in [0.05, 0.1) is 5.25 Å². The Balaban J connectivity index is 1.98. The molecule has 0 heterocycles. The number of rotatable bonds is 9. The molecule has 0 aliphatic heterocycles. The lowest BCUT2D eigenvalue weighted by Gasteiger charge is -2.15. The molecule has 144 valence electrons. The molecule has 0 fully saturated rings. The van der Waals surface area contributed by atoms with Gasteiger partial charge in [0.1, 0.15) is 5.82 Å². The maximum absolute atomic E-state index is 13.0. The van der Waals surface area contributed by atoms with Crippen LogP contribution in [0.2, 0.25) is 0 Å². The Labute approximate surface area is 163 Å². The minimum atomic E-state index is -0.341. The molecule has 2 N–H and O–H groups in total. The van der Waals surface area contributed by atoms with E-state index in [9.17, 15) is 14.0 Å². The molecule has 0 aliphatic rings. The van der Waals surface area contributed by atoms with E-state index in [0.717, 1.165) is 23.4 Å². The molecule has 0 saturated carbocycles. The molecule has 4 nitrogen and oxygen atoms in total. The number of benzene rings is 2. The molecule has 0 bridgehead atoms. The van der Waals surface area contributed by atoms with E-state index in [0.29, 0.717) is 18.5 Å². The lowest BCUT2D eigenvalue weighted by Crippen LogP contribution is -2.24. The summed E-state index contributed by atoms with van der Waals surface area (Å²) >= 11 is 1.44. The summed E-state index contributed by atoms with van der Waals surface area (Å²) in [6, 6.07) is 13.2. The van der Waals surface area contributed by atoms with Gasteiger partial charge in [0.15, 0.2) is 0 Å². The summed E-state index contributed by atoms with van der Waals surface area (Å²) in [5.74, 6) is -0.473. The molecule has 2 aromatic rings. The van der Waals surface area contributed by atoms with Gasteiger partial charge in [0, 0.05) is 22.7 Å². The van der Waals surface area contributed by atoms with Crippen LogP contribution in [0.3, 0.4) is 0 Å². The number of anilines is 2. The third kappa shape index (κ3) is 7.06. The highest BCUT2D eigenvalue weighted by atomic mass is 32.2. The Bertz CT molecular complexity index is 765. The third-order valence-electron chi connectivity index (χ3n) is 3.93. The molecule has 2 amide bonds. The second-order valence-electron chi connectivity index (χ2n) is 6.19. The monoisotopic (exact) mass is 388 g/mol. The highest BCUT2D eigenvalue weighted by molar-refractivity contribution is 8.00. The SMILES string of the molecule is CCCCC(=O)Nc1cccc(SC(CC)C(=O)Nc2ccc(F)cc2)c1. The van der Waals surface area contributed by atoms with Gasteiger partial charge >= 0.3 is 0 Å². The summed E-state index contributed by atoms with van der Waals surface area (Å²) in [5, 5.41) is 5.42. The van der Waals surface area contributed by atoms with Crippen molar-refractivity contribution >= 4 is 35.0 Å². The normalized spacial score (nSPS) is 11.7. The number of halogens is 1. The van der Waals surface area contributed by atoms with Gasteiger partial charge in [-0.15, -0.1) is 11.8 Å². The van der Waals surface area contributed by atoms with Gasteiger partial charge in [-0.3, -0.25) is 9.59 Å². The van der Waals surface area contributed by atoms with Crippen LogP contribution in [0.5, 0.6) is 0 Å². The Hall–Kier alpha value is -2.34. The van der Waals surface area contributed by atoms with Crippen LogP contribution in [0, 0.1) is 5.82 Å². The van der Waals surface area contributed by atoms with Crippen LogP contribution in [0.4, 0.5) is 15.8 Å². The van der Waals surface area contributed by atoms with Crippen molar-refractivity contribution in [2.45, 2.75) is 49.7 Å². The fraction of sp³-hybridized carbons (Fsp3) is 0.333. The summed E-state index contributed by atoms with van der Waals surface area (Å²) in [5.41, 5.74) is 1.30. The van der Waals surface area contributed by atoms with Crippen molar-refractivity contribution in [2.75, 3.05) is 10.6 Å². The molecule has 2 aromatic carbocycles. The van der Waals surface area contributed by atoms with Crippen LogP contribution in [-0.2, 0) is 9.59 Å². The number of thioether (sulfide) groups is 1. The van der Waals surface area contributed by atoms with E-state index in [1.54, 1.807) is 0 Å². The number of unbranched alkanes of at least 4 members (excludes halogenated alkanes) is 1. The van der Waals surface area contributed by atoms with Crippen LogP contribution in [0.15, 0.2) is 53.4 Å². The Morgan fingerprint density at radius 3 is 2.44 bits per heavy atom. The molecule has 0 aromatic heterocycles. The van der Waals surface area contributed by atoms with Crippen molar-refractivity contribution in [3.63, 3.8) is 0 Å². The summed E-state index contributed by atoms with van der Waals surface area (Å²) in [6.45, 7) is 3.99. The fourth-order valence-electron chi connectivity index (χ4n) is 2.45. The quantitative estimate of drug-likeness (QED) is 0.561. The number of nitrogens with one attached hydrogen (secondary N) is 2. The molecule has 0 aliphatic carbocycles. The minimum Gasteiger partial charge on any atom is -0.326 e. The largest absolute Gasteiger partial charge is 0.326 e. The number of hydrogen-bond donors (Lipinski definition) is 2. The molecule has 2 rings (SSSR count). The molecule has 0 radical (unpaired) electrons. The van der Waals surface area contributed by atoms with Gasteiger partial charge in [-0.1, -0.05) is 26.3 Å². The summed E-state index contributed by atoms with van der Waals surface area (Å²) < 4.78 is 13.0. The number of carbonyl (C=O) groups excluding carboxylic acids is 2. The van der Waals surface area contributed by atoms with Gasteiger partial charge in [-0.25, -0.2) is 4.39 Å². The summed E-state index contributed by atoms with van der Waals surface area (Å²) in [7, 11) is 0. The molecule has 6 heteroatoms. The van der Waals surface area contributed by atoms with Crippen molar-refractivity contribution in [1.82, 2.24) is 0 Å². The van der Waals surface area contributed by atoms with E-state index in [-0.39, 0.29) is 22.9 Å². The van der Waals surface area contributed by atoms with E-state index < -0.39 is 0 Å². The van der Waals surface area contributed by atoms with E-state index >= 15 is 0 Å². The molecule has 1 unspecified atom stereocenters. The van der Waals surface area contributed by atoms with Crippen molar-refractivity contribution in [1.29, 1.82) is 0 Å². The first-order valence-corrected chi connectivity index (χ1v) is 10.0. The first kappa shape index (κ1) is 21.0. The lowest BCUT2D eigenvalue weighted by molar-refractivity contribution is -0.116. The van der Waals surface area contributed by atoms with Gasteiger partial charge in [0.25, 0.3) is 0 Å². The van der Waals surface area contributed by atoms with Crippen molar-refractivity contribution in [3.8, 4) is 0 Å². The number of carbonyl (C=O) groups is 2. The zero-order valence-corrected chi connectivity index (χ0v) is 16.4. The van der Waals surface area contributed by atoms with E-state index in [4.69, 9.17) is 0 Å². The van der Waals surface area contributed by atoms with Crippen molar-refractivity contribution in [3.05, 3.63) is 54.3 Å². The van der Waals surface area contributed by atoms with Gasteiger partial charge in [0.2, 0.25) is 11.8 Å². The first-order chi connectivity index (χ1) is 13.0. The second kappa shape index (κ2) is 10.7. The number of hydrogen-bond acceptors (Lipinski definition) is 3. The smallest absolute Gasteiger partial charge is 0.237 e. The lowest BCUT2D eigenvalue weighted by atomic mass is 10.2. The van der Waals surface area contributed by atoms with E-state index in [2.05, 4.69) is 10.6 Å². The first-order valence-electron chi connectivity index (χ1n) is 9.14. The molecule has 0 saturated heterocycles. The van der Waals surface area contributed by atoms with E-state index in [1.807, 2.05) is 38.1 Å². The maximum Gasteiger partial charge on any atom is 0.237 e. The zero-order chi connectivity index (χ0) is 19.6. The topological polar surface area (TPSA) is 58.2 Å². The van der Waals surface area contributed by atoms with Crippen molar-refractivity contribution < 1.29 is 14.0 Å². The molecule has 0 spiro atoms. The van der Waals surface area contributed by atoms with Crippen LogP contribution >= 0.6 is 11.8 Å².